The standard InChI is InChI=1S/C32H28/c1-22-9-5-7-13-26(22)31-20-24(19-23-10-3-2-4-11-23)21-32-29-16-15-25-12-6-8-14-27(25)28(29)17-18-30(31)32/h2-15,17-18,24H,16,19-21H2,1H3. The fourth-order valence-electron chi connectivity index (χ4n) is 5.84. The molecule has 0 radical (unpaired) electrons. The maximum absolute atomic E-state index is 2.42. The highest BCUT2D eigenvalue weighted by atomic mass is 14.3. The average molecular weight is 413 g/mol. The normalized spacial score (nSPS) is 16.5. The fraction of sp³-hybridized carbons (Fsp3) is 0.188. The zero-order valence-corrected chi connectivity index (χ0v) is 18.6. The van der Waals surface area contributed by atoms with E-state index in [4.69, 9.17) is 0 Å². The van der Waals surface area contributed by atoms with Gasteiger partial charge in [0, 0.05) is 0 Å². The fourth-order valence-corrected chi connectivity index (χ4v) is 5.84. The number of rotatable bonds is 3. The zero-order valence-electron chi connectivity index (χ0n) is 18.6. The molecule has 6 rings (SSSR count). The average Bonchev–Trinajstić information content (AvgIpc) is 2.84. The summed E-state index contributed by atoms with van der Waals surface area (Å²) in [6.07, 6.45) is 6.91. The van der Waals surface area contributed by atoms with Gasteiger partial charge in [-0.25, -0.2) is 0 Å². The largest absolute Gasteiger partial charge is 0.0722 e. The summed E-state index contributed by atoms with van der Waals surface area (Å²) in [7, 11) is 0. The lowest BCUT2D eigenvalue weighted by Gasteiger charge is -2.28. The summed E-state index contributed by atoms with van der Waals surface area (Å²) in [6.45, 7) is 2.26. The van der Waals surface area contributed by atoms with Crippen LogP contribution in [-0.4, -0.2) is 0 Å². The van der Waals surface area contributed by atoms with E-state index in [1.165, 1.54) is 49.6 Å². The molecule has 32 heavy (non-hydrogen) atoms. The summed E-state index contributed by atoms with van der Waals surface area (Å²) >= 11 is 0. The van der Waals surface area contributed by atoms with Crippen molar-refractivity contribution in [3.8, 4) is 0 Å². The topological polar surface area (TPSA) is 0 Å². The molecular formula is C32H28. The minimum Gasteiger partial charge on any atom is -0.0722 e. The van der Waals surface area contributed by atoms with Crippen molar-refractivity contribution in [2.75, 3.05) is 0 Å². The highest BCUT2D eigenvalue weighted by molar-refractivity contribution is 5.70. The van der Waals surface area contributed by atoms with Crippen LogP contribution in [0.4, 0.5) is 0 Å². The van der Waals surface area contributed by atoms with Gasteiger partial charge >= 0.3 is 0 Å². The Bertz CT molecular complexity index is 1520. The number of hydrogen-bond donors (Lipinski definition) is 0. The van der Waals surface area contributed by atoms with Crippen molar-refractivity contribution in [1.29, 1.82) is 0 Å². The lowest BCUT2D eigenvalue weighted by Crippen LogP contribution is -2.28. The molecule has 0 amide bonds. The van der Waals surface area contributed by atoms with Crippen LogP contribution in [0.1, 0.15) is 34.2 Å². The zero-order chi connectivity index (χ0) is 21.5. The van der Waals surface area contributed by atoms with Gasteiger partial charge in [-0.15, -0.1) is 0 Å². The minimum absolute atomic E-state index is 0.628. The Morgan fingerprint density at radius 1 is 0.656 bits per heavy atom. The molecule has 0 aromatic heterocycles. The van der Waals surface area contributed by atoms with E-state index >= 15 is 0 Å². The molecule has 4 aromatic carbocycles. The molecule has 0 nitrogen and oxygen atoms in total. The van der Waals surface area contributed by atoms with Crippen molar-refractivity contribution >= 4 is 11.6 Å². The molecule has 0 aliphatic heterocycles. The molecule has 0 fully saturated rings. The lowest BCUT2D eigenvalue weighted by atomic mass is 9.76. The Balaban J connectivity index is 1.60. The molecule has 0 heterocycles. The number of benzene rings is 4. The number of aryl methyl sites for hydroxylation is 1. The van der Waals surface area contributed by atoms with Gasteiger partial charge in [-0.2, -0.15) is 0 Å². The van der Waals surface area contributed by atoms with E-state index in [2.05, 4.69) is 104 Å². The first-order valence-corrected chi connectivity index (χ1v) is 11.8. The van der Waals surface area contributed by atoms with E-state index < -0.39 is 0 Å². The lowest BCUT2D eigenvalue weighted by molar-refractivity contribution is 0.520. The van der Waals surface area contributed by atoms with E-state index in [1.807, 2.05) is 0 Å². The highest BCUT2D eigenvalue weighted by Crippen LogP contribution is 2.32. The Kier molecular flexibility index (Phi) is 4.80. The first-order chi connectivity index (χ1) is 15.8. The Labute approximate surface area is 189 Å². The van der Waals surface area contributed by atoms with Gasteiger partial charge < -0.3 is 0 Å². The molecular weight excluding hydrogens is 384 g/mol. The van der Waals surface area contributed by atoms with Crippen LogP contribution in [0.3, 0.4) is 0 Å². The third-order valence-electron chi connectivity index (χ3n) is 7.36. The second-order valence-electron chi connectivity index (χ2n) is 9.37. The van der Waals surface area contributed by atoms with Gasteiger partial charge in [0.2, 0.25) is 0 Å². The third kappa shape index (κ3) is 3.31. The molecule has 0 spiro atoms. The van der Waals surface area contributed by atoms with Gasteiger partial charge in [0.1, 0.15) is 0 Å². The van der Waals surface area contributed by atoms with Crippen molar-refractivity contribution in [3.63, 3.8) is 0 Å². The summed E-state index contributed by atoms with van der Waals surface area (Å²) in [5, 5.41) is 5.68. The van der Waals surface area contributed by atoms with Crippen LogP contribution in [0.15, 0.2) is 91.0 Å². The first kappa shape index (κ1) is 19.3. The van der Waals surface area contributed by atoms with E-state index in [1.54, 1.807) is 11.1 Å². The molecule has 2 aliphatic carbocycles. The summed E-state index contributed by atoms with van der Waals surface area (Å²) in [5.41, 5.74) is 8.91. The van der Waals surface area contributed by atoms with Crippen LogP contribution in [0, 0.1) is 23.3 Å². The summed E-state index contributed by atoms with van der Waals surface area (Å²) < 4.78 is 0. The van der Waals surface area contributed by atoms with Crippen LogP contribution in [-0.2, 0) is 19.3 Å². The number of hydrogen-bond acceptors (Lipinski definition) is 0. The van der Waals surface area contributed by atoms with Crippen LogP contribution < -0.4 is 10.4 Å². The predicted octanol–water partition coefficient (Wildman–Crippen LogP) is 5.62. The van der Waals surface area contributed by atoms with Crippen molar-refractivity contribution in [2.24, 2.45) is 5.92 Å². The van der Waals surface area contributed by atoms with Gasteiger partial charge in [-0.1, -0.05) is 97.1 Å². The van der Waals surface area contributed by atoms with Crippen molar-refractivity contribution < 1.29 is 0 Å². The molecule has 0 saturated heterocycles. The van der Waals surface area contributed by atoms with E-state index in [-0.39, 0.29) is 0 Å². The first-order valence-electron chi connectivity index (χ1n) is 11.8. The molecule has 156 valence electrons. The third-order valence-corrected chi connectivity index (χ3v) is 7.36. The van der Waals surface area contributed by atoms with Crippen molar-refractivity contribution in [1.82, 2.24) is 0 Å². The van der Waals surface area contributed by atoms with Crippen LogP contribution >= 0.6 is 0 Å². The van der Waals surface area contributed by atoms with E-state index in [0.717, 1.165) is 19.3 Å². The molecule has 0 N–H and O–H groups in total. The molecule has 4 aromatic rings. The van der Waals surface area contributed by atoms with E-state index in [0.29, 0.717) is 5.92 Å². The second-order valence-corrected chi connectivity index (χ2v) is 9.37. The van der Waals surface area contributed by atoms with Crippen LogP contribution in [0.2, 0.25) is 0 Å². The van der Waals surface area contributed by atoms with Gasteiger partial charge in [-0.3, -0.25) is 0 Å². The Morgan fingerprint density at radius 2 is 1.41 bits per heavy atom. The Morgan fingerprint density at radius 3 is 2.28 bits per heavy atom. The monoisotopic (exact) mass is 412 g/mol. The Hall–Kier alpha value is -3.38. The van der Waals surface area contributed by atoms with Gasteiger partial charge in [0.25, 0.3) is 0 Å². The maximum atomic E-state index is 2.42. The SMILES string of the molecule is Cc1ccccc1C1=c2ccc3c(c2CC(Cc2ccccc2)C1)CC=c1ccccc1=3. The summed E-state index contributed by atoms with van der Waals surface area (Å²) in [4.78, 5) is 0. The second kappa shape index (κ2) is 7.95. The summed E-state index contributed by atoms with van der Waals surface area (Å²) in [6, 6.07) is 33.6. The molecule has 0 saturated carbocycles. The van der Waals surface area contributed by atoms with Gasteiger partial charge in [-0.05, 0) is 92.8 Å². The van der Waals surface area contributed by atoms with E-state index in [9.17, 15) is 0 Å². The highest BCUT2D eigenvalue weighted by Gasteiger charge is 2.24. The van der Waals surface area contributed by atoms with Gasteiger partial charge in [0.05, 0.1) is 0 Å². The molecule has 0 bridgehead atoms. The molecule has 0 heteroatoms. The molecule has 1 atom stereocenters. The van der Waals surface area contributed by atoms with Gasteiger partial charge in [0.15, 0.2) is 0 Å². The predicted molar refractivity (Wildman–Crippen MR) is 134 cm³/mol. The van der Waals surface area contributed by atoms with Crippen LogP contribution in [0.5, 0.6) is 0 Å². The smallest absolute Gasteiger partial charge is 0.00791 e. The summed E-state index contributed by atoms with van der Waals surface area (Å²) in [5.74, 6) is 0.628. The molecule has 1 unspecified atom stereocenters. The molecule has 2 aliphatic rings. The quantitative estimate of drug-likeness (QED) is 0.409. The van der Waals surface area contributed by atoms with Crippen LogP contribution in [0.25, 0.3) is 11.6 Å². The maximum Gasteiger partial charge on any atom is -0.00791 e. The number of fused-ring (bicyclic) bond motifs is 4. The van der Waals surface area contributed by atoms with Crippen molar-refractivity contribution in [2.45, 2.75) is 32.6 Å². The van der Waals surface area contributed by atoms with Crippen molar-refractivity contribution in [3.05, 3.63) is 140 Å². The minimum atomic E-state index is 0.628.